The topological polar surface area (TPSA) is 105 Å². The third-order valence-electron chi connectivity index (χ3n) is 5.50. The molecule has 4 aromatic rings. The van der Waals surface area contributed by atoms with Gasteiger partial charge in [0, 0.05) is 25.0 Å². The molecule has 9 nitrogen and oxygen atoms in total. The molecule has 0 bridgehead atoms. The number of nitrogens with zero attached hydrogens (tertiary/aromatic N) is 5. The first kappa shape index (κ1) is 22.5. The third kappa shape index (κ3) is 5.15. The maximum atomic E-state index is 11.7. The maximum absolute atomic E-state index is 11.7. The molecular weight excluding hydrogens is 466 g/mol. The number of anilines is 3. The molecule has 0 unspecified atom stereocenters. The molecule has 0 radical (unpaired) electrons. The van der Waals surface area contributed by atoms with Gasteiger partial charge in [-0.1, -0.05) is 24.2 Å². The highest BCUT2D eigenvalue weighted by molar-refractivity contribution is 6.32. The van der Waals surface area contributed by atoms with Crippen molar-refractivity contribution in [2.24, 2.45) is 0 Å². The number of amides is 1. The number of aromatic nitrogens is 4. The minimum Gasteiger partial charge on any atom is -0.486 e. The van der Waals surface area contributed by atoms with E-state index in [0.717, 1.165) is 11.4 Å². The molecule has 1 fully saturated rings. The molecule has 35 heavy (non-hydrogen) atoms. The summed E-state index contributed by atoms with van der Waals surface area (Å²) in [5, 5.41) is 7.08. The summed E-state index contributed by atoms with van der Waals surface area (Å²) < 4.78 is 5.80. The van der Waals surface area contributed by atoms with E-state index >= 15 is 0 Å². The molecule has 0 aliphatic carbocycles. The first-order chi connectivity index (χ1) is 17.1. The van der Waals surface area contributed by atoms with Crippen LogP contribution in [0.4, 0.5) is 17.3 Å². The maximum Gasteiger partial charge on any atom is 0.246 e. The fourth-order valence-electron chi connectivity index (χ4n) is 3.67. The van der Waals surface area contributed by atoms with Crippen LogP contribution < -0.4 is 15.4 Å². The first-order valence-corrected chi connectivity index (χ1v) is 11.4. The Morgan fingerprint density at radius 2 is 2.06 bits per heavy atom. The average molecular weight is 488 g/mol. The molecule has 1 aromatic carbocycles. The number of pyridine rings is 2. The van der Waals surface area contributed by atoms with Gasteiger partial charge in [0.05, 0.1) is 22.3 Å². The zero-order chi connectivity index (χ0) is 24.2. The smallest absolute Gasteiger partial charge is 0.246 e. The number of ether oxygens (including phenoxy) is 1. The second-order valence-corrected chi connectivity index (χ2v) is 8.36. The van der Waals surface area contributed by atoms with Crippen molar-refractivity contribution < 1.29 is 9.53 Å². The molecule has 3 aromatic heterocycles. The van der Waals surface area contributed by atoms with Crippen LogP contribution in [0.2, 0.25) is 5.02 Å². The molecular formula is C25H22ClN7O2. The molecule has 0 atom stereocenters. The molecule has 2 N–H and O–H groups in total. The number of fused-ring (bicyclic) bond motifs is 1. The van der Waals surface area contributed by atoms with Gasteiger partial charge in [0.1, 0.15) is 30.0 Å². The molecule has 1 aliphatic heterocycles. The van der Waals surface area contributed by atoms with Crippen molar-refractivity contribution >= 4 is 45.9 Å². The molecule has 176 valence electrons. The molecule has 4 heterocycles. The molecule has 1 aliphatic rings. The Balaban J connectivity index is 1.29. The van der Waals surface area contributed by atoms with Gasteiger partial charge >= 0.3 is 0 Å². The summed E-state index contributed by atoms with van der Waals surface area (Å²) in [7, 11) is 0. The number of hydrogen-bond donors (Lipinski definition) is 2. The normalized spacial score (nSPS) is 13.2. The van der Waals surface area contributed by atoms with Gasteiger partial charge in [-0.25, -0.2) is 15.0 Å². The van der Waals surface area contributed by atoms with Crippen molar-refractivity contribution in [2.45, 2.75) is 12.6 Å². The summed E-state index contributed by atoms with van der Waals surface area (Å²) in [6.07, 6.45) is 4.53. The molecule has 1 amide bonds. The lowest BCUT2D eigenvalue weighted by Crippen LogP contribution is -2.56. The highest BCUT2D eigenvalue weighted by Crippen LogP contribution is 2.31. The summed E-state index contributed by atoms with van der Waals surface area (Å²) >= 11 is 6.45. The minimum absolute atomic E-state index is 0.0683. The molecule has 5 rings (SSSR count). The fraction of sp³-hybridized carbons (Fsp3) is 0.160. The summed E-state index contributed by atoms with van der Waals surface area (Å²) in [5.41, 5.74) is 2.86. The fourth-order valence-corrected chi connectivity index (χ4v) is 3.90. The van der Waals surface area contributed by atoms with E-state index < -0.39 is 0 Å². The number of benzene rings is 1. The number of hydrogen-bond acceptors (Lipinski definition) is 8. The lowest BCUT2D eigenvalue weighted by atomic mass is 10.1. The van der Waals surface area contributed by atoms with Crippen molar-refractivity contribution in [1.29, 1.82) is 0 Å². The number of carbonyl (C=O) groups excluding carboxylic acids is 1. The first-order valence-electron chi connectivity index (χ1n) is 11.0. The van der Waals surface area contributed by atoms with E-state index in [1.165, 1.54) is 12.4 Å². The van der Waals surface area contributed by atoms with Gasteiger partial charge in [0.2, 0.25) is 5.91 Å². The highest BCUT2D eigenvalue weighted by Gasteiger charge is 2.29. The Bertz CT molecular complexity index is 1380. The Labute approximate surface area is 206 Å². The van der Waals surface area contributed by atoms with Crippen molar-refractivity contribution in [1.82, 2.24) is 24.8 Å². The molecule has 0 saturated carbocycles. The zero-order valence-corrected chi connectivity index (χ0v) is 19.4. The van der Waals surface area contributed by atoms with Crippen LogP contribution in [-0.2, 0) is 11.4 Å². The van der Waals surface area contributed by atoms with Crippen molar-refractivity contribution in [2.75, 3.05) is 23.7 Å². The predicted molar refractivity (Wildman–Crippen MR) is 135 cm³/mol. The monoisotopic (exact) mass is 487 g/mol. The van der Waals surface area contributed by atoms with Gasteiger partial charge in [0.25, 0.3) is 0 Å². The molecule has 0 spiro atoms. The summed E-state index contributed by atoms with van der Waals surface area (Å²) in [6.45, 7) is 5.05. The van der Waals surface area contributed by atoms with Gasteiger partial charge in [-0.15, -0.1) is 0 Å². The quantitative estimate of drug-likeness (QED) is 0.356. The number of carbonyl (C=O) groups is 1. The van der Waals surface area contributed by atoms with Gasteiger partial charge in [-0.2, -0.15) is 0 Å². The number of nitrogens with one attached hydrogen (secondary N) is 2. The zero-order valence-electron chi connectivity index (χ0n) is 18.7. The SMILES string of the molecule is C=CC(=O)N1CC(Nc2ccc3ncnc(Nc4ccc(OCc5ccccn5)c(Cl)c4)c3n2)C1. The average Bonchev–Trinajstić information content (AvgIpc) is 2.86. The van der Waals surface area contributed by atoms with Crippen LogP contribution in [0.5, 0.6) is 5.75 Å². The second kappa shape index (κ2) is 9.94. The van der Waals surface area contributed by atoms with Crippen LogP contribution in [0.15, 0.2) is 73.7 Å². The summed E-state index contributed by atoms with van der Waals surface area (Å²) in [4.78, 5) is 31.0. The number of rotatable bonds is 8. The third-order valence-corrected chi connectivity index (χ3v) is 5.79. The molecule has 10 heteroatoms. The second-order valence-electron chi connectivity index (χ2n) is 7.96. The standard InChI is InChI=1S/C25H22ClN7O2/c1-2-23(34)33-12-18(13-33)30-22-9-7-20-24(32-22)25(29-15-28-20)31-16-6-8-21(19(26)11-16)35-14-17-5-3-4-10-27-17/h2-11,15,18H,1,12-14H2,(H,30,32)(H,28,29,31). The Morgan fingerprint density at radius 1 is 1.17 bits per heavy atom. The van der Waals surface area contributed by atoms with Gasteiger partial charge < -0.3 is 20.3 Å². The van der Waals surface area contributed by atoms with Crippen LogP contribution in [0.3, 0.4) is 0 Å². The van der Waals surface area contributed by atoms with E-state index in [2.05, 4.69) is 32.2 Å². The van der Waals surface area contributed by atoms with Gasteiger partial charge in [-0.3, -0.25) is 9.78 Å². The van der Waals surface area contributed by atoms with E-state index in [1.54, 1.807) is 23.2 Å². The summed E-state index contributed by atoms with van der Waals surface area (Å²) in [5.74, 6) is 1.72. The van der Waals surface area contributed by atoms with Crippen LogP contribution >= 0.6 is 11.6 Å². The Hall–Kier alpha value is -4.24. The Morgan fingerprint density at radius 3 is 2.83 bits per heavy atom. The largest absolute Gasteiger partial charge is 0.486 e. The van der Waals surface area contributed by atoms with E-state index in [1.807, 2.05) is 36.4 Å². The highest BCUT2D eigenvalue weighted by atomic mass is 35.5. The minimum atomic E-state index is -0.0683. The van der Waals surface area contributed by atoms with Crippen LogP contribution in [-0.4, -0.2) is 49.9 Å². The van der Waals surface area contributed by atoms with Gasteiger partial charge in [0.15, 0.2) is 5.82 Å². The predicted octanol–water partition coefficient (Wildman–Crippen LogP) is 4.20. The lowest BCUT2D eigenvalue weighted by molar-refractivity contribution is -0.129. The van der Waals surface area contributed by atoms with Crippen LogP contribution in [0.25, 0.3) is 11.0 Å². The number of likely N-dealkylation sites (tertiary alicyclic amines) is 1. The van der Waals surface area contributed by atoms with E-state index in [-0.39, 0.29) is 11.9 Å². The van der Waals surface area contributed by atoms with E-state index in [4.69, 9.17) is 21.3 Å². The van der Waals surface area contributed by atoms with Crippen LogP contribution in [0, 0.1) is 0 Å². The number of halogens is 1. The lowest BCUT2D eigenvalue weighted by Gasteiger charge is -2.39. The van der Waals surface area contributed by atoms with Gasteiger partial charge in [-0.05, 0) is 48.5 Å². The molecule has 1 saturated heterocycles. The van der Waals surface area contributed by atoms with E-state index in [9.17, 15) is 4.79 Å². The van der Waals surface area contributed by atoms with E-state index in [0.29, 0.717) is 53.1 Å². The van der Waals surface area contributed by atoms with Crippen molar-refractivity contribution in [3.63, 3.8) is 0 Å². The van der Waals surface area contributed by atoms with Crippen molar-refractivity contribution in [3.8, 4) is 5.75 Å². The van der Waals surface area contributed by atoms with Crippen LogP contribution in [0.1, 0.15) is 5.69 Å². The summed E-state index contributed by atoms with van der Waals surface area (Å²) in [6, 6.07) is 14.9. The Kier molecular flexibility index (Phi) is 6.40. The van der Waals surface area contributed by atoms with Crippen molar-refractivity contribution in [3.05, 3.63) is 84.4 Å².